The molecule has 0 saturated carbocycles. The number of nitriles is 1. The highest BCUT2D eigenvalue weighted by Gasteiger charge is 2.21. The van der Waals surface area contributed by atoms with Crippen LogP contribution in [0.1, 0.15) is 18.4 Å². The molecule has 94 valence electrons. The van der Waals surface area contributed by atoms with Crippen LogP contribution >= 0.6 is 15.9 Å². The number of carbonyl (C=O) groups excluding carboxylic acids is 1. The van der Waals surface area contributed by atoms with Crippen LogP contribution < -0.4 is 10.6 Å². The van der Waals surface area contributed by atoms with E-state index in [1.165, 1.54) is 0 Å². The Kier molecular flexibility index (Phi) is 4.34. The van der Waals surface area contributed by atoms with Crippen LogP contribution in [0.25, 0.3) is 0 Å². The lowest BCUT2D eigenvalue weighted by molar-refractivity contribution is -0.120. The summed E-state index contributed by atoms with van der Waals surface area (Å²) in [5, 5.41) is 15.1. The second-order valence-electron chi connectivity index (χ2n) is 4.33. The average Bonchev–Trinajstić information content (AvgIpc) is 2.40. The first-order valence-corrected chi connectivity index (χ1v) is 6.71. The molecule has 1 amide bonds. The number of benzene rings is 1. The van der Waals surface area contributed by atoms with Gasteiger partial charge in [-0.15, -0.1) is 0 Å². The van der Waals surface area contributed by atoms with E-state index >= 15 is 0 Å². The fraction of sp³-hybridized carbons (Fsp3) is 0.385. The molecule has 0 spiro atoms. The molecule has 1 aliphatic heterocycles. The molecule has 0 aromatic heterocycles. The highest BCUT2D eigenvalue weighted by Crippen LogP contribution is 2.22. The van der Waals surface area contributed by atoms with Gasteiger partial charge >= 0.3 is 0 Å². The minimum absolute atomic E-state index is 0.00993. The van der Waals surface area contributed by atoms with Crippen molar-refractivity contribution in [2.75, 3.05) is 18.4 Å². The smallest absolute Gasteiger partial charge is 0.228 e. The Morgan fingerprint density at radius 3 is 3.06 bits per heavy atom. The summed E-state index contributed by atoms with van der Waals surface area (Å²) in [5.41, 5.74) is 1.05. The molecule has 0 aliphatic carbocycles. The number of nitrogens with zero attached hydrogens (tertiary/aromatic N) is 1. The zero-order valence-electron chi connectivity index (χ0n) is 9.87. The number of rotatable bonds is 2. The molecule has 1 aromatic rings. The first-order valence-electron chi connectivity index (χ1n) is 5.92. The lowest BCUT2D eigenvalue weighted by Gasteiger charge is -2.22. The molecule has 1 fully saturated rings. The zero-order valence-corrected chi connectivity index (χ0v) is 11.5. The number of piperidine rings is 1. The van der Waals surface area contributed by atoms with E-state index in [2.05, 4.69) is 32.6 Å². The Bertz CT molecular complexity index is 489. The van der Waals surface area contributed by atoms with Crippen LogP contribution in [0.3, 0.4) is 0 Å². The van der Waals surface area contributed by atoms with Crippen molar-refractivity contribution < 1.29 is 4.79 Å². The minimum Gasteiger partial charge on any atom is -0.325 e. The Hall–Kier alpha value is -1.38. The van der Waals surface area contributed by atoms with Crippen molar-refractivity contribution in [2.45, 2.75) is 12.8 Å². The summed E-state index contributed by atoms with van der Waals surface area (Å²) >= 11 is 3.34. The van der Waals surface area contributed by atoms with Crippen molar-refractivity contribution in [2.24, 2.45) is 5.92 Å². The first kappa shape index (κ1) is 13.1. The van der Waals surface area contributed by atoms with Crippen LogP contribution in [0.2, 0.25) is 0 Å². The van der Waals surface area contributed by atoms with Gasteiger partial charge in [0.15, 0.2) is 0 Å². The second-order valence-corrected chi connectivity index (χ2v) is 5.25. The Morgan fingerprint density at radius 2 is 2.39 bits per heavy atom. The van der Waals surface area contributed by atoms with Gasteiger partial charge in [-0.25, -0.2) is 0 Å². The predicted octanol–water partition coefficient (Wildman–Crippen LogP) is 2.26. The standard InChI is InChI=1S/C13H14BrN3O/c14-11-4-3-9(7-15)12(6-11)17-13(18)10-2-1-5-16-8-10/h3-4,6,10,16H,1-2,5,8H2,(H,17,18)/t10-/m1/s1. The predicted molar refractivity (Wildman–Crippen MR) is 73.1 cm³/mol. The molecule has 1 saturated heterocycles. The number of nitrogens with one attached hydrogen (secondary N) is 2. The number of hydrogen-bond acceptors (Lipinski definition) is 3. The molecule has 2 rings (SSSR count). The van der Waals surface area contributed by atoms with Crippen molar-refractivity contribution in [3.8, 4) is 6.07 Å². The van der Waals surface area contributed by atoms with Gasteiger partial charge in [0.1, 0.15) is 6.07 Å². The van der Waals surface area contributed by atoms with Gasteiger partial charge in [-0.2, -0.15) is 5.26 Å². The molecule has 1 aromatic carbocycles. The molecular formula is C13H14BrN3O. The van der Waals surface area contributed by atoms with Crippen LogP contribution in [-0.4, -0.2) is 19.0 Å². The van der Waals surface area contributed by atoms with E-state index in [9.17, 15) is 4.79 Å². The summed E-state index contributed by atoms with van der Waals surface area (Å²) in [6, 6.07) is 7.32. The van der Waals surface area contributed by atoms with Gasteiger partial charge in [0, 0.05) is 11.0 Å². The van der Waals surface area contributed by atoms with Crippen LogP contribution in [0.15, 0.2) is 22.7 Å². The van der Waals surface area contributed by atoms with Crippen LogP contribution in [-0.2, 0) is 4.79 Å². The third-order valence-electron chi connectivity index (χ3n) is 3.03. The highest BCUT2D eigenvalue weighted by atomic mass is 79.9. The minimum atomic E-state index is -0.0169. The summed E-state index contributed by atoms with van der Waals surface area (Å²) < 4.78 is 0.846. The maximum atomic E-state index is 12.1. The fourth-order valence-electron chi connectivity index (χ4n) is 2.03. The van der Waals surface area contributed by atoms with Crippen molar-refractivity contribution in [3.05, 3.63) is 28.2 Å². The summed E-state index contributed by atoms with van der Waals surface area (Å²) in [7, 11) is 0. The van der Waals surface area contributed by atoms with Crippen LogP contribution in [0, 0.1) is 17.2 Å². The van der Waals surface area contributed by atoms with E-state index < -0.39 is 0 Å². The van der Waals surface area contributed by atoms with Crippen molar-refractivity contribution in [1.82, 2.24) is 5.32 Å². The normalized spacial score (nSPS) is 19.0. The molecular weight excluding hydrogens is 294 g/mol. The van der Waals surface area contributed by atoms with Crippen LogP contribution in [0.5, 0.6) is 0 Å². The van der Waals surface area contributed by atoms with Crippen molar-refractivity contribution in [3.63, 3.8) is 0 Å². The Morgan fingerprint density at radius 1 is 1.56 bits per heavy atom. The van der Waals surface area contributed by atoms with Crippen molar-refractivity contribution in [1.29, 1.82) is 5.26 Å². The summed E-state index contributed by atoms with van der Waals surface area (Å²) in [5.74, 6) is -0.0268. The number of hydrogen-bond donors (Lipinski definition) is 2. The summed E-state index contributed by atoms with van der Waals surface area (Å²) in [6.07, 6.45) is 1.91. The third kappa shape index (κ3) is 3.09. The van der Waals surface area contributed by atoms with Gasteiger partial charge in [0.2, 0.25) is 5.91 Å². The lowest BCUT2D eigenvalue weighted by Crippen LogP contribution is -2.37. The van der Waals surface area contributed by atoms with E-state index in [0.29, 0.717) is 17.8 Å². The topological polar surface area (TPSA) is 64.9 Å². The number of carbonyl (C=O) groups is 1. The lowest BCUT2D eigenvalue weighted by atomic mass is 9.98. The highest BCUT2D eigenvalue weighted by molar-refractivity contribution is 9.10. The Labute approximate surface area is 115 Å². The monoisotopic (exact) mass is 307 g/mol. The molecule has 5 heteroatoms. The SMILES string of the molecule is N#Cc1ccc(Br)cc1NC(=O)[C@@H]1CCCNC1. The quantitative estimate of drug-likeness (QED) is 0.881. The molecule has 0 radical (unpaired) electrons. The summed E-state index contributed by atoms with van der Waals surface area (Å²) in [4.78, 5) is 12.1. The van der Waals surface area contributed by atoms with Gasteiger partial charge in [-0.05, 0) is 37.6 Å². The second kappa shape index (κ2) is 5.98. The summed E-state index contributed by atoms with van der Waals surface area (Å²) in [6.45, 7) is 1.69. The van der Waals surface area contributed by atoms with Gasteiger partial charge in [0.25, 0.3) is 0 Å². The number of amides is 1. The average molecular weight is 308 g/mol. The van der Waals surface area contributed by atoms with Gasteiger partial charge in [-0.3, -0.25) is 4.79 Å². The third-order valence-corrected chi connectivity index (χ3v) is 3.52. The molecule has 0 bridgehead atoms. The molecule has 0 unspecified atom stereocenters. The number of halogens is 1. The molecule has 2 N–H and O–H groups in total. The molecule has 18 heavy (non-hydrogen) atoms. The van der Waals surface area contributed by atoms with E-state index in [4.69, 9.17) is 5.26 Å². The molecule has 4 nitrogen and oxygen atoms in total. The van der Waals surface area contributed by atoms with Gasteiger partial charge in [0.05, 0.1) is 17.2 Å². The fourth-order valence-corrected chi connectivity index (χ4v) is 2.39. The zero-order chi connectivity index (χ0) is 13.0. The maximum absolute atomic E-state index is 12.1. The molecule has 1 heterocycles. The number of anilines is 1. The van der Waals surface area contributed by atoms with E-state index in [1.54, 1.807) is 18.2 Å². The van der Waals surface area contributed by atoms with E-state index in [0.717, 1.165) is 23.9 Å². The first-order chi connectivity index (χ1) is 8.70. The largest absolute Gasteiger partial charge is 0.325 e. The molecule has 1 aliphatic rings. The van der Waals surface area contributed by atoms with Crippen molar-refractivity contribution >= 4 is 27.5 Å². The molecule has 1 atom stereocenters. The van der Waals surface area contributed by atoms with Crippen LogP contribution in [0.4, 0.5) is 5.69 Å². The van der Waals surface area contributed by atoms with Gasteiger partial charge < -0.3 is 10.6 Å². The van der Waals surface area contributed by atoms with E-state index in [-0.39, 0.29) is 11.8 Å². The van der Waals surface area contributed by atoms with E-state index in [1.807, 2.05) is 0 Å². The Balaban J connectivity index is 2.11. The van der Waals surface area contributed by atoms with Gasteiger partial charge in [-0.1, -0.05) is 15.9 Å². The maximum Gasteiger partial charge on any atom is 0.228 e.